The molecule has 0 saturated heterocycles. The smallest absolute Gasteiger partial charge is 0.367 e. The van der Waals surface area contributed by atoms with Gasteiger partial charge in [-0.1, -0.05) is 71.8 Å². The lowest BCUT2D eigenvalue weighted by Crippen LogP contribution is -2.08. The van der Waals surface area contributed by atoms with Gasteiger partial charge in [-0.15, -0.1) is 0 Å². The number of rotatable bonds is 17. The van der Waals surface area contributed by atoms with Crippen molar-refractivity contribution in [3.63, 3.8) is 0 Å². The molecule has 0 bridgehead atoms. The first-order valence-electron chi connectivity index (χ1n) is 9.25. The van der Waals surface area contributed by atoms with Gasteiger partial charge in [0.05, 0.1) is 13.2 Å². The Morgan fingerprint density at radius 2 is 1.33 bits per heavy atom. The second-order valence-corrected chi connectivity index (χ2v) is 7.90. The molecule has 0 radical (unpaired) electrons. The van der Waals surface area contributed by atoms with Crippen LogP contribution in [0.4, 0.5) is 0 Å². The van der Waals surface area contributed by atoms with Crippen LogP contribution in [0.25, 0.3) is 0 Å². The minimum absolute atomic E-state index is 0.345. The fraction of sp³-hybridized carbons (Fsp3) is 0.833. The van der Waals surface area contributed by atoms with E-state index in [0.717, 1.165) is 44.6 Å². The van der Waals surface area contributed by atoms with Gasteiger partial charge in [0.1, 0.15) is 0 Å². The summed E-state index contributed by atoms with van der Waals surface area (Å²) in [6.45, 7) is 8.37. The third-order valence-electron chi connectivity index (χ3n) is 3.60. The van der Waals surface area contributed by atoms with Crippen LogP contribution >= 0.6 is 7.60 Å². The van der Waals surface area contributed by atoms with Crippen molar-refractivity contribution in [2.45, 2.75) is 78.1 Å². The molecule has 0 fully saturated rings. The van der Waals surface area contributed by atoms with Gasteiger partial charge in [-0.25, -0.2) is 4.79 Å². The highest BCUT2D eigenvalue weighted by Crippen LogP contribution is 2.48. The van der Waals surface area contributed by atoms with Crippen molar-refractivity contribution in [3.8, 4) is 0 Å². The van der Waals surface area contributed by atoms with Gasteiger partial charge in [0.25, 0.3) is 0 Å². The van der Waals surface area contributed by atoms with Crippen LogP contribution in [0.15, 0.2) is 12.7 Å². The standard InChI is InChI=1S/C18H35O5P/c1-4-7-9-11-13-15-22-24(20,17-21-18(19)6-3)23-16-14-12-10-8-5-2/h6H,3-5,7-17H2,1-2H3. The van der Waals surface area contributed by atoms with Crippen molar-refractivity contribution in [2.75, 3.05) is 19.6 Å². The van der Waals surface area contributed by atoms with Crippen LogP contribution in [0.5, 0.6) is 0 Å². The first-order chi connectivity index (χ1) is 11.6. The molecular weight excluding hydrogens is 327 g/mol. The quantitative estimate of drug-likeness (QED) is 0.141. The zero-order valence-electron chi connectivity index (χ0n) is 15.5. The first-order valence-corrected chi connectivity index (χ1v) is 11.0. The van der Waals surface area contributed by atoms with Crippen molar-refractivity contribution in [1.29, 1.82) is 0 Å². The summed E-state index contributed by atoms with van der Waals surface area (Å²) in [4.78, 5) is 11.2. The number of carbonyl (C=O) groups is 1. The zero-order chi connectivity index (χ0) is 18.1. The summed E-state index contributed by atoms with van der Waals surface area (Å²) in [5.41, 5.74) is 0. The maximum atomic E-state index is 12.7. The van der Waals surface area contributed by atoms with E-state index in [0.29, 0.717) is 13.2 Å². The Morgan fingerprint density at radius 3 is 1.75 bits per heavy atom. The van der Waals surface area contributed by atoms with E-state index in [1.807, 2.05) is 0 Å². The molecule has 0 heterocycles. The van der Waals surface area contributed by atoms with Crippen LogP contribution in [0, 0.1) is 0 Å². The van der Waals surface area contributed by atoms with Gasteiger partial charge in [0, 0.05) is 6.08 Å². The number of carbonyl (C=O) groups excluding carboxylic acids is 1. The molecule has 0 aromatic rings. The van der Waals surface area contributed by atoms with Crippen molar-refractivity contribution >= 4 is 13.6 Å². The molecule has 0 N–H and O–H groups in total. The van der Waals surface area contributed by atoms with Crippen LogP contribution in [0.3, 0.4) is 0 Å². The minimum Gasteiger partial charge on any atom is -0.450 e. The molecule has 0 aromatic heterocycles. The lowest BCUT2D eigenvalue weighted by molar-refractivity contribution is -0.136. The second kappa shape index (κ2) is 15.9. The normalized spacial score (nSPS) is 11.4. The molecule has 0 atom stereocenters. The number of unbranched alkanes of at least 4 members (excludes halogenated alkanes) is 8. The topological polar surface area (TPSA) is 61.8 Å². The molecule has 6 heteroatoms. The molecule has 0 unspecified atom stereocenters. The van der Waals surface area contributed by atoms with Crippen LogP contribution in [-0.4, -0.2) is 25.5 Å². The Hall–Kier alpha value is -0.640. The molecule has 0 spiro atoms. The van der Waals surface area contributed by atoms with Gasteiger partial charge in [-0.05, 0) is 12.8 Å². The predicted octanol–water partition coefficient (Wildman–Crippen LogP) is 5.84. The van der Waals surface area contributed by atoms with E-state index in [2.05, 4.69) is 20.4 Å². The van der Waals surface area contributed by atoms with E-state index in [1.165, 1.54) is 25.7 Å². The van der Waals surface area contributed by atoms with Gasteiger partial charge in [0.2, 0.25) is 0 Å². The highest BCUT2D eigenvalue weighted by molar-refractivity contribution is 7.53. The predicted molar refractivity (Wildman–Crippen MR) is 98.2 cm³/mol. The number of hydrogen-bond acceptors (Lipinski definition) is 5. The van der Waals surface area contributed by atoms with Gasteiger partial charge >= 0.3 is 13.6 Å². The van der Waals surface area contributed by atoms with Crippen molar-refractivity contribution in [3.05, 3.63) is 12.7 Å². The molecule has 0 aliphatic carbocycles. The van der Waals surface area contributed by atoms with Gasteiger partial charge < -0.3 is 13.8 Å². The van der Waals surface area contributed by atoms with Crippen molar-refractivity contribution < 1.29 is 23.1 Å². The van der Waals surface area contributed by atoms with Crippen LogP contribution in [0.1, 0.15) is 78.1 Å². The largest absolute Gasteiger partial charge is 0.450 e. The number of ether oxygens (including phenoxy) is 1. The van der Waals surface area contributed by atoms with E-state index in [4.69, 9.17) is 13.8 Å². The summed E-state index contributed by atoms with van der Waals surface area (Å²) in [6.07, 6.45) is 11.5. The van der Waals surface area contributed by atoms with E-state index in [-0.39, 0.29) is 6.35 Å². The molecule has 0 saturated carbocycles. The van der Waals surface area contributed by atoms with E-state index >= 15 is 0 Å². The molecule has 0 aromatic carbocycles. The Kier molecular flexibility index (Phi) is 15.4. The second-order valence-electron chi connectivity index (χ2n) is 5.90. The molecule has 0 amide bonds. The fourth-order valence-electron chi connectivity index (χ4n) is 2.13. The van der Waals surface area contributed by atoms with E-state index in [1.54, 1.807) is 0 Å². The monoisotopic (exact) mass is 362 g/mol. The maximum absolute atomic E-state index is 12.7. The van der Waals surface area contributed by atoms with Crippen LogP contribution < -0.4 is 0 Å². The van der Waals surface area contributed by atoms with Crippen LogP contribution in [-0.2, 0) is 23.1 Å². The third kappa shape index (κ3) is 13.8. The lowest BCUT2D eigenvalue weighted by Gasteiger charge is -2.18. The van der Waals surface area contributed by atoms with E-state index < -0.39 is 13.6 Å². The third-order valence-corrected chi connectivity index (χ3v) is 5.20. The Morgan fingerprint density at radius 1 is 0.875 bits per heavy atom. The molecule has 0 aliphatic heterocycles. The molecule has 142 valence electrons. The first kappa shape index (κ1) is 23.4. The Balaban J connectivity index is 4.15. The lowest BCUT2D eigenvalue weighted by atomic mass is 10.2. The minimum atomic E-state index is -3.39. The number of hydrogen-bond donors (Lipinski definition) is 0. The average Bonchev–Trinajstić information content (AvgIpc) is 2.59. The van der Waals surface area contributed by atoms with Crippen molar-refractivity contribution in [2.24, 2.45) is 0 Å². The van der Waals surface area contributed by atoms with E-state index in [9.17, 15) is 9.36 Å². The van der Waals surface area contributed by atoms with Gasteiger partial charge in [-0.2, -0.15) is 0 Å². The molecule has 24 heavy (non-hydrogen) atoms. The van der Waals surface area contributed by atoms with Crippen LogP contribution in [0.2, 0.25) is 0 Å². The fourth-order valence-corrected chi connectivity index (χ4v) is 3.46. The summed E-state index contributed by atoms with van der Waals surface area (Å²) < 4.78 is 28.4. The van der Waals surface area contributed by atoms with Crippen molar-refractivity contribution in [1.82, 2.24) is 0 Å². The summed E-state index contributed by atoms with van der Waals surface area (Å²) in [5, 5.41) is 0. The SMILES string of the molecule is C=CC(=O)OCP(=O)(OCCCCCCC)OCCCCCCC. The Bertz CT molecular complexity index is 350. The Labute approximate surface area is 147 Å². The molecule has 0 rings (SSSR count). The zero-order valence-corrected chi connectivity index (χ0v) is 16.4. The van der Waals surface area contributed by atoms with Gasteiger partial charge in [-0.3, -0.25) is 4.57 Å². The molecule has 5 nitrogen and oxygen atoms in total. The molecule has 0 aliphatic rings. The van der Waals surface area contributed by atoms with Gasteiger partial charge in [0.15, 0.2) is 6.35 Å². The summed E-state index contributed by atoms with van der Waals surface area (Å²) in [5.74, 6) is -0.617. The average molecular weight is 362 g/mol. The summed E-state index contributed by atoms with van der Waals surface area (Å²) >= 11 is 0. The maximum Gasteiger partial charge on any atom is 0.367 e. The summed E-state index contributed by atoms with van der Waals surface area (Å²) in [6, 6.07) is 0. The highest BCUT2D eigenvalue weighted by Gasteiger charge is 2.26. The number of esters is 1. The summed E-state index contributed by atoms with van der Waals surface area (Å²) in [7, 11) is -3.39. The highest BCUT2D eigenvalue weighted by atomic mass is 31.2. The molecular formula is C18H35O5P.